The lowest BCUT2D eigenvalue weighted by atomic mass is 10.2. The Morgan fingerprint density at radius 1 is 1.61 bits per heavy atom. The number of rotatable bonds is 5. The van der Waals surface area contributed by atoms with E-state index in [1.165, 1.54) is 0 Å². The lowest BCUT2D eigenvalue weighted by Gasteiger charge is -2.08. The number of fused-ring (bicyclic) bond motifs is 1. The molecule has 1 atom stereocenters. The van der Waals surface area contributed by atoms with Gasteiger partial charge in [0.2, 0.25) is 0 Å². The summed E-state index contributed by atoms with van der Waals surface area (Å²) in [6.07, 6.45) is 0. The number of aliphatic carboxylic acids is 1. The molecule has 1 heterocycles. The normalized spacial score (nSPS) is 12.8. The quantitative estimate of drug-likeness (QED) is 0.612. The minimum Gasteiger partial charge on any atom is -0.480 e. The summed E-state index contributed by atoms with van der Waals surface area (Å²) >= 11 is 0. The van der Waals surface area contributed by atoms with Gasteiger partial charge in [-0.15, -0.1) is 0 Å². The molecule has 0 bridgehead atoms. The molecule has 2 aromatic rings. The molecule has 0 fully saturated rings. The van der Waals surface area contributed by atoms with E-state index in [0.29, 0.717) is 6.54 Å². The zero-order chi connectivity index (χ0) is 13.1. The number of nitrogens with zero attached hydrogens (tertiary/aromatic N) is 1. The van der Waals surface area contributed by atoms with Crippen molar-refractivity contribution in [2.45, 2.75) is 19.5 Å². The molecule has 0 radical (unpaired) electrons. The van der Waals surface area contributed by atoms with Gasteiger partial charge in [-0.1, -0.05) is 6.07 Å². The number of benzene rings is 1. The van der Waals surface area contributed by atoms with E-state index in [2.05, 4.69) is 15.3 Å². The van der Waals surface area contributed by atoms with E-state index in [0.717, 1.165) is 22.4 Å². The van der Waals surface area contributed by atoms with Crippen molar-refractivity contribution in [1.29, 1.82) is 0 Å². The molecule has 1 aromatic carbocycles. The lowest BCUT2D eigenvalue weighted by Crippen LogP contribution is -2.40. The van der Waals surface area contributed by atoms with Crippen molar-refractivity contribution in [3.05, 3.63) is 29.6 Å². The number of H-pyrrole nitrogens is 1. The highest BCUT2D eigenvalue weighted by Gasteiger charge is 2.10. The fourth-order valence-electron chi connectivity index (χ4n) is 1.75. The standard InChI is InChI=1S/C12H16N4O2/c1-7-15-10-3-2-8(4-11(10)16-7)5-14-6-9(13)12(17)18/h2-4,9,14H,5-6,13H2,1H3,(H,15,16)(H,17,18). The third-order valence-corrected chi connectivity index (χ3v) is 2.68. The number of nitrogens with two attached hydrogens (primary N) is 1. The first-order chi connectivity index (χ1) is 8.56. The molecule has 96 valence electrons. The van der Waals surface area contributed by atoms with Crippen molar-refractivity contribution < 1.29 is 9.90 Å². The maximum Gasteiger partial charge on any atom is 0.321 e. The Hall–Kier alpha value is -1.92. The van der Waals surface area contributed by atoms with Crippen LogP contribution < -0.4 is 11.1 Å². The number of imidazole rings is 1. The number of carboxylic acids is 1. The van der Waals surface area contributed by atoms with Gasteiger partial charge in [-0.2, -0.15) is 0 Å². The molecule has 0 aliphatic rings. The SMILES string of the molecule is Cc1nc2ccc(CNCC(N)C(=O)O)cc2[nH]1. The van der Waals surface area contributed by atoms with Crippen molar-refractivity contribution >= 4 is 17.0 Å². The zero-order valence-corrected chi connectivity index (χ0v) is 10.1. The number of aromatic nitrogens is 2. The topological polar surface area (TPSA) is 104 Å². The maximum absolute atomic E-state index is 10.5. The van der Waals surface area contributed by atoms with Crippen LogP contribution in [0.3, 0.4) is 0 Å². The number of aryl methyl sites for hydroxylation is 1. The fourth-order valence-corrected chi connectivity index (χ4v) is 1.75. The highest BCUT2D eigenvalue weighted by Crippen LogP contribution is 2.13. The van der Waals surface area contributed by atoms with Crippen LogP contribution in [0.4, 0.5) is 0 Å². The molecular formula is C12H16N4O2. The summed E-state index contributed by atoms with van der Waals surface area (Å²) in [7, 11) is 0. The average molecular weight is 248 g/mol. The van der Waals surface area contributed by atoms with E-state index in [1.54, 1.807) is 0 Å². The molecule has 0 spiro atoms. The number of aromatic amines is 1. The summed E-state index contributed by atoms with van der Waals surface area (Å²) in [5.74, 6) is -0.120. The minimum atomic E-state index is -0.998. The first-order valence-corrected chi connectivity index (χ1v) is 5.70. The Bertz CT molecular complexity index is 564. The highest BCUT2D eigenvalue weighted by molar-refractivity contribution is 5.75. The summed E-state index contributed by atoms with van der Waals surface area (Å²) in [4.78, 5) is 18.0. The van der Waals surface area contributed by atoms with Gasteiger partial charge in [0.15, 0.2) is 0 Å². The van der Waals surface area contributed by atoms with Crippen molar-refractivity contribution in [3.8, 4) is 0 Å². The fraction of sp³-hybridized carbons (Fsp3) is 0.333. The minimum absolute atomic E-state index is 0.245. The van der Waals surface area contributed by atoms with Gasteiger partial charge < -0.3 is 21.1 Å². The second-order valence-corrected chi connectivity index (χ2v) is 4.25. The van der Waals surface area contributed by atoms with Crippen LogP contribution in [0.25, 0.3) is 11.0 Å². The second-order valence-electron chi connectivity index (χ2n) is 4.25. The Labute approximate surface area is 104 Å². The van der Waals surface area contributed by atoms with Gasteiger partial charge in [0.1, 0.15) is 11.9 Å². The second kappa shape index (κ2) is 5.16. The van der Waals surface area contributed by atoms with E-state index < -0.39 is 12.0 Å². The Kier molecular flexibility index (Phi) is 3.59. The van der Waals surface area contributed by atoms with E-state index in [-0.39, 0.29) is 6.54 Å². The average Bonchev–Trinajstić information content (AvgIpc) is 2.68. The third kappa shape index (κ3) is 2.85. The summed E-state index contributed by atoms with van der Waals surface area (Å²) < 4.78 is 0. The number of hydrogen-bond donors (Lipinski definition) is 4. The Balaban J connectivity index is 1.97. The molecule has 0 aliphatic carbocycles. The van der Waals surface area contributed by atoms with Crippen molar-refractivity contribution in [2.75, 3.05) is 6.54 Å². The molecular weight excluding hydrogens is 232 g/mol. The smallest absolute Gasteiger partial charge is 0.321 e. The molecule has 5 N–H and O–H groups in total. The van der Waals surface area contributed by atoms with Crippen LogP contribution in [0.5, 0.6) is 0 Å². The molecule has 2 rings (SSSR count). The van der Waals surface area contributed by atoms with Gasteiger partial charge in [0, 0.05) is 13.1 Å². The molecule has 6 nitrogen and oxygen atoms in total. The molecule has 18 heavy (non-hydrogen) atoms. The summed E-state index contributed by atoms with van der Waals surface area (Å²) in [6.45, 7) is 2.73. The number of carbonyl (C=O) groups is 1. The van der Waals surface area contributed by atoms with Gasteiger partial charge in [-0.25, -0.2) is 4.98 Å². The van der Waals surface area contributed by atoms with Crippen LogP contribution in [0.15, 0.2) is 18.2 Å². The Morgan fingerprint density at radius 2 is 2.39 bits per heavy atom. The van der Waals surface area contributed by atoms with Crippen LogP contribution in [0.1, 0.15) is 11.4 Å². The third-order valence-electron chi connectivity index (χ3n) is 2.68. The van der Waals surface area contributed by atoms with Crippen LogP contribution >= 0.6 is 0 Å². The summed E-state index contributed by atoms with van der Waals surface area (Å²) in [5.41, 5.74) is 8.37. The molecule has 6 heteroatoms. The van der Waals surface area contributed by atoms with Gasteiger partial charge >= 0.3 is 5.97 Å². The monoisotopic (exact) mass is 248 g/mol. The predicted molar refractivity (Wildman–Crippen MR) is 68.1 cm³/mol. The molecule has 0 saturated carbocycles. The van der Waals surface area contributed by atoms with Gasteiger partial charge in [-0.3, -0.25) is 4.79 Å². The molecule has 1 unspecified atom stereocenters. The van der Waals surface area contributed by atoms with Crippen LogP contribution in [-0.2, 0) is 11.3 Å². The predicted octanol–water partition coefficient (Wildman–Crippen LogP) is 0.373. The number of nitrogens with one attached hydrogen (secondary N) is 2. The van der Waals surface area contributed by atoms with Gasteiger partial charge in [0.05, 0.1) is 11.0 Å². The van der Waals surface area contributed by atoms with Crippen molar-refractivity contribution in [3.63, 3.8) is 0 Å². The summed E-state index contributed by atoms with van der Waals surface area (Å²) in [6, 6.07) is 5.02. The first-order valence-electron chi connectivity index (χ1n) is 5.70. The Morgan fingerprint density at radius 3 is 3.11 bits per heavy atom. The van der Waals surface area contributed by atoms with Crippen LogP contribution in [0, 0.1) is 6.92 Å². The molecule has 0 aliphatic heterocycles. The van der Waals surface area contributed by atoms with E-state index in [1.807, 2.05) is 25.1 Å². The van der Waals surface area contributed by atoms with Gasteiger partial charge in [-0.05, 0) is 24.6 Å². The van der Waals surface area contributed by atoms with E-state index in [9.17, 15) is 4.79 Å². The first kappa shape index (κ1) is 12.5. The van der Waals surface area contributed by atoms with Crippen molar-refractivity contribution in [2.24, 2.45) is 5.73 Å². The van der Waals surface area contributed by atoms with Gasteiger partial charge in [0.25, 0.3) is 0 Å². The number of hydrogen-bond acceptors (Lipinski definition) is 4. The highest BCUT2D eigenvalue weighted by atomic mass is 16.4. The molecule has 0 amide bonds. The lowest BCUT2D eigenvalue weighted by molar-refractivity contribution is -0.138. The van der Waals surface area contributed by atoms with Crippen LogP contribution in [0.2, 0.25) is 0 Å². The zero-order valence-electron chi connectivity index (χ0n) is 10.1. The van der Waals surface area contributed by atoms with Crippen molar-refractivity contribution in [1.82, 2.24) is 15.3 Å². The van der Waals surface area contributed by atoms with E-state index in [4.69, 9.17) is 10.8 Å². The molecule has 1 aromatic heterocycles. The van der Waals surface area contributed by atoms with Crippen LogP contribution in [-0.4, -0.2) is 33.6 Å². The summed E-state index contributed by atoms with van der Waals surface area (Å²) in [5, 5.41) is 11.7. The number of carboxylic acid groups (broad SMARTS) is 1. The maximum atomic E-state index is 10.5. The van der Waals surface area contributed by atoms with E-state index >= 15 is 0 Å². The largest absolute Gasteiger partial charge is 0.480 e. The molecule has 0 saturated heterocycles.